The van der Waals surface area contributed by atoms with Crippen molar-refractivity contribution >= 4 is 16.8 Å². The number of nitrogens with one attached hydrogen (secondary N) is 2. The van der Waals surface area contributed by atoms with E-state index in [2.05, 4.69) is 27.4 Å². The lowest BCUT2D eigenvalue weighted by molar-refractivity contribution is 0.0949. The molecule has 0 saturated carbocycles. The summed E-state index contributed by atoms with van der Waals surface area (Å²) in [5.74, 6) is 0.608. The standard InChI is InChI=1S/C15H17N5O/c1-9-10(2)18-13-5-4-11(6-12(9)13)15(21)16-7-14-19-17-8-20(14)3/h4-6,8,18H,7H2,1-3H3,(H,16,21). The van der Waals surface area contributed by atoms with Gasteiger partial charge >= 0.3 is 0 Å². The first-order valence-electron chi connectivity index (χ1n) is 6.76. The summed E-state index contributed by atoms with van der Waals surface area (Å²) in [6.07, 6.45) is 1.61. The zero-order chi connectivity index (χ0) is 15.0. The summed E-state index contributed by atoms with van der Waals surface area (Å²) in [6, 6.07) is 5.68. The van der Waals surface area contributed by atoms with E-state index in [1.54, 1.807) is 10.9 Å². The van der Waals surface area contributed by atoms with Crippen LogP contribution in [-0.4, -0.2) is 25.7 Å². The highest BCUT2D eigenvalue weighted by Gasteiger charge is 2.10. The Morgan fingerprint density at radius 2 is 2.19 bits per heavy atom. The quantitative estimate of drug-likeness (QED) is 0.770. The molecule has 0 radical (unpaired) electrons. The molecule has 2 heterocycles. The van der Waals surface area contributed by atoms with E-state index in [1.165, 1.54) is 5.56 Å². The van der Waals surface area contributed by atoms with E-state index in [0.717, 1.165) is 22.4 Å². The van der Waals surface area contributed by atoms with Gasteiger partial charge in [0.1, 0.15) is 6.33 Å². The van der Waals surface area contributed by atoms with Crippen LogP contribution in [0, 0.1) is 13.8 Å². The van der Waals surface area contributed by atoms with Crippen LogP contribution < -0.4 is 5.32 Å². The fraction of sp³-hybridized carbons (Fsp3) is 0.267. The SMILES string of the molecule is Cc1[nH]c2ccc(C(=O)NCc3nncn3C)cc2c1C. The van der Waals surface area contributed by atoms with Gasteiger partial charge in [-0.25, -0.2) is 0 Å². The molecule has 6 heteroatoms. The third-order valence-corrected chi connectivity index (χ3v) is 3.78. The Bertz CT molecular complexity index is 815. The second kappa shape index (κ2) is 5.05. The Kier molecular flexibility index (Phi) is 3.21. The molecule has 1 amide bonds. The van der Waals surface area contributed by atoms with Crippen LogP contribution in [-0.2, 0) is 13.6 Å². The number of aromatic nitrogens is 4. The number of carbonyl (C=O) groups excluding carboxylic acids is 1. The van der Waals surface area contributed by atoms with Crippen molar-refractivity contribution in [2.24, 2.45) is 7.05 Å². The Labute approximate surface area is 122 Å². The van der Waals surface area contributed by atoms with Gasteiger partial charge < -0.3 is 14.9 Å². The van der Waals surface area contributed by atoms with Crippen LogP contribution in [0.15, 0.2) is 24.5 Å². The number of fused-ring (bicyclic) bond motifs is 1. The molecule has 0 saturated heterocycles. The molecule has 0 atom stereocenters. The van der Waals surface area contributed by atoms with Crippen LogP contribution in [0.4, 0.5) is 0 Å². The molecule has 1 aromatic carbocycles. The van der Waals surface area contributed by atoms with Crippen molar-refractivity contribution in [2.75, 3.05) is 0 Å². The summed E-state index contributed by atoms with van der Waals surface area (Å²) in [5, 5.41) is 11.7. The molecule has 0 aliphatic rings. The van der Waals surface area contributed by atoms with Crippen LogP contribution in [0.3, 0.4) is 0 Å². The maximum atomic E-state index is 12.2. The zero-order valence-corrected chi connectivity index (χ0v) is 12.3. The van der Waals surface area contributed by atoms with Crippen molar-refractivity contribution in [1.82, 2.24) is 25.1 Å². The molecular weight excluding hydrogens is 266 g/mol. The minimum atomic E-state index is -0.113. The summed E-state index contributed by atoms with van der Waals surface area (Å²) in [5.41, 5.74) is 4.00. The summed E-state index contributed by atoms with van der Waals surface area (Å²) >= 11 is 0. The van der Waals surface area contributed by atoms with Gasteiger partial charge in [0.25, 0.3) is 5.91 Å². The van der Waals surface area contributed by atoms with Gasteiger partial charge in [0.2, 0.25) is 0 Å². The third kappa shape index (κ3) is 2.40. The van der Waals surface area contributed by atoms with E-state index in [0.29, 0.717) is 12.1 Å². The number of benzene rings is 1. The average molecular weight is 283 g/mol. The van der Waals surface area contributed by atoms with Crippen LogP contribution in [0.25, 0.3) is 10.9 Å². The van der Waals surface area contributed by atoms with Crippen molar-refractivity contribution in [3.63, 3.8) is 0 Å². The van der Waals surface area contributed by atoms with Gasteiger partial charge in [-0.1, -0.05) is 0 Å². The summed E-state index contributed by atoms with van der Waals surface area (Å²) in [6.45, 7) is 4.44. The number of nitrogens with zero attached hydrogens (tertiary/aromatic N) is 3. The lowest BCUT2D eigenvalue weighted by atomic mass is 10.1. The number of hydrogen-bond acceptors (Lipinski definition) is 3. The smallest absolute Gasteiger partial charge is 0.251 e. The van der Waals surface area contributed by atoms with Crippen LogP contribution >= 0.6 is 0 Å². The van der Waals surface area contributed by atoms with Crippen molar-refractivity contribution in [3.05, 3.63) is 47.2 Å². The number of amides is 1. The van der Waals surface area contributed by atoms with Gasteiger partial charge in [0.15, 0.2) is 5.82 Å². The third-order valence-electron chi connectivity index (χ3n) is 3.78. The molecule has 21 heavy (non-hydrogen) atoms. The van der Waals surface area contributed by atoms with Crippen molar-refractivity contribution in [2.45, 2.75) is 20.4 Å². The minimum Gasteiger partial charge on any atom is -0.358 e. The lowest BCUT2D eigenvalue weighted by Crippen LogP contribution is -2.24. The maximum absolute atomic E-state index is 12.2. The molecular formula is C15H17N5O. The molecule has 2 aromatic heterocycles. The van der Waals surface area contributed by atoms with Gasteiger partial charge in [-0.05, 0) is 37.6 Å². The van der Waals surface area contributed by atoms with Crippen LogP contribution in [0.5, 0.6) is 0 Å². The molecule has 0 bridgehead atoms. The molecule has 0 fully saturated rings. The normalized spacial score (nSPS) is 11.0. The maximum Gasteiger partial charge on any atom is 0.251 e. The van der Waals surface area contributed by atoms with Crippen molar-refractivity contribution < 1.29 is 4.79 Å². The number of hydrogen-bond donors (Lipinski definition) is 2. The number of aryl methyl sites for hydroxylation is 3. The van der Waals surface area contributed by atoms with E-state index in [1.807, 2.05) is 32.2 Å². The molecule has 3 aromatic rings. The van der Waals surface area contributed by atoms with Crippen molar-refractivity contribution in [1.29, 1.82) is 0 Å². The van der Waals surface area contributed by atoms with Gasteiger partial charge in [-0.15, -0.1) is 10.2 Å². The highest BCUT2D eigenvalue weighted by Crippen LogP contribution is 2.22. The van der Waals surface area contributed by atoms with Gasteiger partial charge in [0, 0.05) is 29.2 Å². The fourth-order valence-corrected chi connectivity index (χ4v) is 2.33. The second-order valence-electron chi connectivity index (χ2n) is 5.18. The Morgan fingerprint density at radius 1 is 1.38 bits per heavy atom. The van der Waals surface area contributed by atoms with E-state index in [-0.39, 0.29) is 5.91 Å². The molecule has 0 unspecified atom stereocenters. The summed E-state index contributed by atoms with van der Waals surface area (Å²) in [7, 11) is 1.85. The molecule has 0 aliphatic carbocycles. The Morgan fingerprint density at radius 3 is 2.90 bits per heavy atom. The average Bonchev–Trinajstić information content (AvgIpc) is 3.01. The van der Waals surface area contributed by atoms with E-state index in [4.69, 9.17) is 0 Å². The monoisotopic (exact) mass is 283 g/mol. The Balaban J connectivity index is 1.81. The number of carbonyl (C=O) groups is 1. The number of rotatable bonds is 3. The zero-order valence-electron chi connectivity index (χ0n) is 12.3. The molecule has 108 valence electrons. The number of aromatic amines is 1. The van der Waals surface area contributed by atoms with Crippen LogP contribution in [0.2, 0.25) is 0 Å². The van der Waals surface area contributed by atoms with E-state index >= 15 is 0 Å². The molecule has 6 nitrogen and oxygen atoms in total. The van der Waals surface area contributed by atoms with Crippen LogP contribution in [0.1, 0.15) is 27.4 Å². The Hall–Kier alpha value is -2.63. The first kappa shape index (κ1) is 13.4. The first-order chi connectivity index (χ1) is 10.1. The highest BCUT2D eigenvalue weighted by molar-refractivity contribution is 5.98. The van der Waals surface area contributed by atoms with E-state index < -0.39 is 0 Å². The molecule has 0 spiro atoms. The lowest BCUT2D eigenvalue weighted by Gasteiger charge is -2.05. The van der Waals surface area contributed by atoms with Gasteiger partial charge in [-0.3, -0.25) is 4.79 Å². The summed E-state index contributed by atoms with van der Waals surface area (Å²) in [4.78, 5) is 15.5. The predicted octanol–water partition coefficient (Wildman–Crippen LogP) is 1.84. The minimum absolute atomic E-state index is 0.113. The fourth-order valence-electron chi connectivity index (χ4n) is 2.33. The van der Waals surface area contributed by atoms with Gasteiger partial charge in [-0.2, -0.15) is 0 Å². The predicted molar refractivity (Wildman–Crippen MR) is 79.9 cm³/mol. The topological polar surface area (TPSA) is 75.6 Å². The second-order valence-corrected chi connectivity index (χ2v) is 5.18. The molecule has 3 rings (SSSR count). The van der Waals surface area contributed by atoms with E-state index in [9.17, 15) is 4.79 Å². The number of H-pyrrole nitrogens is 1. The first-order valence-corrected chi connectivity index (χ1v) is 6.76. The van der Waals surface area contributed by atoms with Crippen molar-refractivity contribution in [3.8, 4) is 0 Å². The highest BCUT2D eigenvalue weighted by atomic mass is 16.1. The molecule has 0 aliphatic heterocycles. The summed E-state index contributed by atoms with van der Waals surface area (Å²) < 4.78 is 1.78. The largest absolute Gasteiger partial charge is 0.358 e. The van der Waals surface area contributed by atoms with Gasteiger partial charge in [0.05, 0.1) is 6.54 Å². The molecule has 2 N–H and O–H groups in total.